The molecule has 1 aliphatic carbocycles. The van der Waals surface area contributed by atoms with E-state index in [1.165, 1.54) is 17.7 Å². The molecule has 3 rings (SSSR count). The highest BCUT2D eigenvalue weighted by Crippen LogP contribution is 2.21. The van der Waals surface area contributed by atoms with Crippen LogP contribution in [0.4, 0.5) is 0 Å². The Morgan fingerprint density at radius 2 is 1.84 bits per heavy atom. The Kier molecular flexibility index (Phi) is 3.80. The number of rotatable bonds is 5. The SMILES string of the molecule is CSc1ccc(-c2ncc(CNC3CC3)cn2)cc1. The Balaban J connectivity index is 1.69. The summed E-state index contributed by atoms with van der Waals surface area (Å²) in [5.41, 5.74) is 2.22. The molecule has 4 heteroatoms. The number of nitrogens with zero attached hydrogens (tertiary/aromatic N) is 2. The van der Waals surface area contributed by atoms with Gasteiger partial charge in [0.2, 0.25) is 0 Å². The van der Waals surface area contributed by atoms with Crippen LogP contribution in [0.3, 0.4) is 0 Å². The summed E-state index contributed by atoms with van der Waals surface area (Å²) >= 11 is 1.74. The molecule has 1 heterocycles. The molecule has 0 radical (unpaired) electrons. The Labute approximate surface area is 117 Å². The quantitative estimate of drug-likeness (QED) is 0.848. The Hall–Kier alpha value is -1.39. The van der Waals surface area contributed by atoms with E-state index in [-0.39, 0.29) is 0 Å². The molecule has 0 spiro atoms. The summed E-state index contributed by atoms with van der Waals surface area (Å²) < 4.78 is 0. The molecular weight excluding hydrogens is 254 g/mol. The fraction of sp³-hybridized carbons (Fsp3) is 0.333. The minimum absolute atomic E-state index is 0.721. The van der Waals surface area contributed by atoms with E-state index in [4.69, 9.17) is 0 Å². The second-order valence-electron chi connectivity index (χ2n) is 4.80. The molecule has 1 aliphatic rings. The molecule has 0 amide bonds. The van der Waals surface area contributed by atoms with E-state index in [1.807, 2.05) is 12.4 Å². The molecule has 0 saturated heterocycles. The standard InChI is InChI=1S/C15H17N3S/c1-19-14-6-2-12(3-7-14)15-17-9-11(10-18-15)8-16-13-4-5-13/h2-3,6-7,9-10,13,16H,4-5,8H2,1H3. The van der Waals surface area contributed by atoms with Crippen molar-refractivity contribution in [1.29, 1.82) is 0 Å². The highest BCUT2D eigenvalue weighted by Gasteiger charge is 2.19. The minimum atomic E-state index is 0.721. The van der Waals surface area contributed by atoms with Crippen molar-refractivity contribution in [3.63, 3.8) is 0 Å². The third kappa shape index (κ3) is 3.33. The fourth-order valence-electron chi connectivity index (χ4n) is 1.88. The molecule has 0 unspecified atom stereocenters. The molecule has 0 atom stereocenters. The van der Waals surface area contributed by atoms with Gasteiger partial charge in [-0.15, -0.1) is 11.8 Å². The number of benzene rings is 1. The lowest BCUT2D eigenvalue weighted by Crippen LogP contribution is -2.15. The summed E-state index contributed by atoms with van der Waals surface area (Å²) in [6.07, 6.45) is 8.52. The fourth-order valence-corrected chi connectivity index (χ4v) is 2.29. The smallest absolute Gasteiger partial charge is 0.159 e. The van der Waals surface area contributed by atoms with Crippen molar-refractivity contribution in [2.75, 3.05) is 6.26 Å². The first kappa shape index (κ1) is 12.6. The molecule has 1 aromatic carbocycles. The Morgan fingerprint density at radius 3 is 2.42 bits per heavy atom. The number of thioether (sulfide) groups is 1. The first-order valence-electron chi connectivity index (χ1n) is 6.54. The van der Waals surface area contributed by atoms with Crippen LogP contribution in [0.25, 0.3) is 11.4 Å². The van der Waals surface area contributed by atoms with E-state index in [2.05, 4.69) is 45.8 Å². The van der Waals surface area contributed by atoms with Gasteiger partial charge in [0.1, 0.15) is 0 Å². The zero-order valence-corrected chi connectivity index (χ0v) is 11.8. The molecule has 19 heavy (non-hydrogen) atoms. The van der Waals surface area contributed by atoms with Crippen LogP contribution in [0.1, 0.15) is 18.4 Å². The van der Waals surface area contributed by atoms with E-state index in [0.717, 1.165) is 29.5 Å². The van der Waals surface area contributed by atoms with Gasteiger partial charge in [-0.1, -0.05) is 12.1 Å². The zero-order valence-electron chi connectivity index (χ0n) is 11.0. The van der Waals surface area contributed by atoms with Crippen molar-refractivity contribution in [3.05, 3.63) is 42.2 Å². The number of hydrogen-bond acceptors (Lipinski definition) is 4. The topological polar surface area (TPSA) is 37.8 Å². The van der Waals surface area contributed by atoms with Gasteiger partial charge < -0.3 is 5.32 Å². The average Bonchev–Trinajstić information content (AvgIpc) is 3.30. The molecule has 1 saturated carbocycles. The lowest BCUT2D eigenvalue weighted by molar-refractivity contribution is 0.683. The summed E-state index contributed by atoms with van der Waals surface area (Å²) in [5.74, 6) is 0.794. The van der Waals surface area contributed by atoms with Gasteiger partial charge in [-0.05, 0) is 31.2 Å². The maximum atomic E-state index is 4.44. The van der Waals surface area contributed by atoms with Crippen LogP contribution < -0.4 is 5.32 Å². The van der Waals surface area contributed by atoms with Crippen LogP contribution >= 0.6 is 11.8 Å². The predicted molar refractivity (Wildman–Crippen MR) is 79.1 cm³/mol. The number of aromatic nitrogens is 2. The van der Waals surface area contributed by atoms with Gasteiger partial charge in [0.05, 0.1) is 0 Å². The van der Waals surface area contributed by atoms with Crippen LogP contribution in [0, 0.1) is 0 Å². The van der Waals surface area contributed by atoms with E-state index in [1.54, 1.807) is 11.8 Å². The molecule has 0 aliphatic heterocycles. The Morgan fingerprint density at radius 1 is 1.16 bits per heavy atom. The van der Waals surface area contributed by atoms with E-state index in [9.17, 15) is 0 Å². The van der Waals surface area contributed by atoms with Gasteiger partial charge in [-0.25, -0.2) is 9.97 Å². The summed E-state index contributed by atoms with van der Waals surface area (Å²) in [7, 11) is 0. The van der Waals surface area contributed by atoms with E-state index < -0.39 is 0 Å². The summed E-state index contributed by atoms with van der Waals surface area (Å²) in [5, 5.41) is 3.46. The third-order valence-electron chi connectivity index (χ3n) is 3.23. The molecule has 2 aromatic rings. The van der Waals surface area contributed by atoms with Crippen LogP contribution in [0.2, 0.25) is 0 Å². The highest BCUT2D eigenvalue weighted by molar-refractivity contribution is 7.98. The van der Waals surface area contributed by atoms with Crippen LogP contribution in [-0.4, -0.2) is 22.3 Å². The number of hydrogen-bond donors (Lipinski definition) is 1. The molecule has 0 bridgehead atoms. The molecule has 1 fully saturated rings. The van der Waals surface area contributed by atoms with Crippen molar-refractivity contribution >= 4 is 11.8 Å². The summed E-state index contributed by atoms with van der Waals surface area (Å²) in [6, 6.07) is 9.07. The van der Waals surface area contributed by atoms with Crippen molar-refractivity contribution < 1.29 is 0 Å². The Bertz CT molecular complexity index is 532. The van der Waals surface area contributed by atoms with Gasteiger partial charge in [0.25, 0.3) is 0 Å². The minimum Gasteiger partial charge on any atom is -0.310 e. The van der Waals surface area contributed by atoms with Crippen molar-refractivity contribution in [3.8, 4) is 11.4 Å². The summed E-state index contributed by atoms with van der Waals surface area (Å²) in [6.45, 7) is 0.871. The highest BCUT2D eigenvalue weighted by atomic mass is 32.2. The van der Waals surface area contributed by atoms with Crippen molar-refractivity contribution in [2.45, 2.75) is 30.3 Å². The zero-order chi connectivity index (χ0) is 13.1. The van der Waals surface area contributed by atoms with Gasteiger partial charge in [-0.3, -0.25) is 0 Å². The van der Waals surface area contributed by atoms with Gasteiger partial charge in [0.15, 0.2) is 5.82 Å². The maximum Gasteiger partial charge on any atom is 0.159 e. The van der Waals surface area contributed by atoms with Crippen LogP contribution in [-0.2, 0) is 6.54 Å². The monoisotopic (exact) mass is 271 g/mol. The lowest BCUT2D eigenvalue weighted by atomic mass is 10.2. The maximum absolute atomic E-state index is 4.44. The first-order valence-corrected chi connectivity index (χ1v) is 7.76. The lowest BCUT2D eigenvalue weighted by Gasteiger charge is -2.04. The van der Waals surface area contributed by atoms with Gasteiger partial charge in [0, 0.05) is 41.0 Å². The number of nitrogens with one attached hydrogen (secondary N) is 1. The first-order chi connectivity index (χ1) is 9.35. The molecule has 98 valence electrons. The largest absolute Gasteiger partial charge is 0.310 e. The summed E-state index contributed by atoms with van der Waals surface area (Å²) in [4.78, 5) is 10.1. The third-order valence-corrected chi connectivity index (χ3v) is 3.97. The van der Waals surface area contributed by atoms with Crippen LogP contribution in [0.15, 0.2) is 41.6 Å². The molecular formula is C15H17N3S. The van der Waals surface area contributed by atoms with E-state index >= 15 is 0 Å². The van der Waals surface area contributed by atoms with Crippen molar-refractivity contribution in [2.24, 2.45) is 0 Å². The van der Waals surface area contributed by atoms with E-state index in [0.29, 0.717) is 0 Å². The van der Waals surface area contributed by atoms with Gasteiger partial charge in [-0.2, -0.15) is 0 Å². The molecule has 3 nitrogen and oxygen atoms in total. The second-order valence-corrected chi connectivity index (χ2v) is 5.68. The molecule has 1 aromatic heterocycles. The second kappa shape index (κ2) is 5.72. The van der Waals surface area contributed by atoms with Crippen molar-refractivity contribution in [1.82, 2.24) is 15.3 Å². The predicted octanol–water partition coefficient (Wildman–Crippen LogP) is 3.12. The average molecular weight is 271 g/mol. The molecule has 1 N–H and O–H groups in total. The van der Waals surface area contributed by atoms with Crippen LogP contribution in [0.5, 0.6) is 0 Å². The normalized spacial score (nSPS) is 14.6. The van der Waals surface area contributed by atoms with Gasteiger partial charge >= 0.3 is 0 Å².